The first-order valence-corrected chi connectivity index (χ1v) is 9.29. The summed E-state index contributed by atoms with van der Waals surface area (Å²) in [4.78, 5) is 17.1. The molecule has 0 unspecified atom stereocenters. The molecule has 0 aliphatic carbocycles. The molecule has 1 aromatic heterocycles. The molecule has 0 aliphatic rings. The number of benzene rings is 2. The Labute approximate surface area is 150 Å². The van der Waals surface area contributed by atoms with Crippen LogP contribution in [0.1, 0.15) is 11.4 Å². The topological polar surface area (TPSA) is 70.7 Å². The van der Waals surface area contributed by atoms with Crippen molar-refractivity contribution in [2.75, 3.05) is 11.6 Å². The van der Waals surface area contributed by atoms with E-state index in [2.05, 4.69) is 16.4 Å². The Hall–Kier alpha value is -2.78. The first-order chi connectivity index (χ1) is 12.2. The van der Waals surface area contributed by atoms with Gasteiger partial charge < -0.3 is 9.88 Å². The number of aromatic nitrogens is 2. The van der Waals surface area contributed by atoms with E-state index in [9.17, 15) is 4.79 Å². The molecule has 126 valence electrons. The van der Waals surface area contributed by atoms with E-state index < -0.39 is 0 Å². The maximum atomic E-state index is 12.5. The molecule has 5 nitrogen and oxygen atoms in total. The minimum Gasteiger partial charge on any atom is -0.325 e. The monoisotopic (exact) mass is 350 g/mol. The molecule has 0 saturated heterocycles. The maximum Gasteiger partial charge on any atom is 0.244 e. The highest BCUT2D eigenvalue weighted by atomic mass is 32.2. The van der Waals surface area contributed by atoms with Gasteiger partial charge in [-0.1, -0.05) is 24.3 Å². The number of thioether (sulfide) groups is 1. The molecule has 0 bridgehead atoms. The lowest BCUT2D eigenvalue weighted by molar-refractivity contribution is -0.116. The first kappa shape index (κ1) is 17.1. The average molecular weight is 350 g/mol. The van der Waals surface area contributed by atoms with Crippen molar-refractivity contribution in [1.29, 1.82) is 5.26 Å². The van der Waals surface area contributed by atoms with E-state index in [0.717, 1.165) is 33.9 Å². The van der Waals surface area contributed by atoms with Gasteiger partial charge in [0, 0.05) is 5.69 Å². The van der Waals surface area contributed by atoms with Crippen LogP contribution < -0.4 is 5.32 Å². The minimum atomic E-state index is -0.0986. The number of amides is 1. The van der Waals surface area contributed by atoms with E-state index in [-0.39, 0.29) is 12.5 Å². The summed E-state index contributed by atoms with van der Waals surface area (Å²) in [6.45, 7) is 0.219. The van der Waals surface area contributed by atoms with Crippen LogP contribution in [0.4, 0.5) is 5.69 Å². The second-order valence-corrected chi connectivity index (χ2v) is 6.48. The van der Waals surface area contributed by atoms with Crippen molar-refractivity contribution < 1.29 is 4.79 Å². The standard InChI is InChI=1S/C19H18N4OS/c1-25-13-18-22-16-4-2-3-5-17(16)23(18)12-19(24)21-15-8-6-14(7-9-15)10-11-20/h2-9H,10,12-13H2,1H3,(H,21,24). The predicted molar refractivity (Wildman–Crippen MR) is 101 cm³/mol. The summed E-state index contributed by atoms with van der Waals surface area (Å²) >= 11 is 1.68. The molecule has 3 rings (SSSR count). The number of rotatable bonds is 6. The number of imidazole rings is 1. The Balaban J connectivity index is 1.77. The predicted octanol–water partition coefficient (Wildman–Crippen LogP) is 3.60. The molecule has 1 N–H and O–H groups in total. The fourth-order valence-corrected chi connectivity index (χ4v) is 3.16. The van der Waals surface area contributed by atoms with Crippen LogP contribution in [-0.2, 0) is 23.5 Å². The van der Waals surface area contributed by atoms with Gasteiger partial charge in [0.2, 0.25) is 5.91 Å². The zero-order valence-corrected chi connectivity index (χ0v) is 14.7. The second-order valence-electron chi connectivity index (χ2n) is 5.62. The van der Waals surface area contributed by atoms with Crippen LogP contribution >= 0.6 is 11.8 Å². The van der Waals surface area contributed by atoms with Gasteiger partial charge in [0.25, 0.3) is 0 Å². The largest absolute Gasteiger partial charge is 0.325 e. The number of carbonyl (C=O) groups is 1. The summed E-state index contributed by atoms with van der Waals surface area (Å²) in [6, 6.07) is 17.3. The maximum absolute atomic E-state index is 12.5. The van der Waals surface area contributed by atoms with Gasteiger partial charge in [-0.05, 0) is 36.1 Å². The summed E-state index contributed by atoms with van der Waals surface area (Å²) in [6.07, 6.45) is 2.39. The van der Waals surface area contributed by atoms with Gasteiger partial charge in [0.1, 0.15) is 12.4 Å². The van der Waals surface area contributed by atoms with Crippen LogP contribution in [0.5, 0.6) is 0 Å². The molecular weight excluding hydrogens is 332 g/mol. The number of carbonyl (C=O) groups excluding carboxylic acids is 1. The van der Waals surface area contributed by atoms with Crippen molar-refractivity contribution >= 4 is 34.4 Å². The van der Waals surface area contributed by atoms with E-state index in [1.54, 1.807) is 11.8 Å². The van der Waals surface area contributed by atoms with Crippen molar-refractivity contribution in [2.24, 2.45) is 0 Å². The summed E-state index contributed by atoms with van der Waals surface area (Å²) < 4.78 is 1.96. The fraction of sp³-hybridized carbons (Fsp3) is 0.211. The fourth-order valence-electron chi connectivity index (χ4n) is 2.68. The highest BCUT2D eigenvalue weighted by Crippen LogP contribution is 2.19. The van der Waals surface area contributed by atoms with Gasteiger partial charge >= 0.3 is 0 Å². The Morgan fingerprint density at radius 1 is 1.24 bits per heavy atom. The highest BCUT2D eigenvalue weighted by Gasteiger charge is 2.13. The van der Waals surface area contributed by atoms with Crippen LogP contribution in [0.15, 0.2) is 48.5 Å². The molecule has 0 saturated carbocycles. The molecule has 6 heteroatoms. The van der Waals surface area contributed by atoms with E-state index in [4.69, 9.17) is 5.26 Å². The second kappa shape index (κ2) is 7.86. The van der Waals surface area contributed by atoms with Crippen molar-refractivity contribution in [3.63, 3.8) is 0 Å². The number of nitrogens with zero attached hydrogens (tertiary/aromatic N) is 3. The Morgan fingerprint density at radius 2 is 2.00 bits per heavy atom. The van der Waals surface area contributed by atoms with Gasteiger partial charge in [-0.3, -0.25) is 4.79 Å². The smallest absolute Gasteiger partial charge is 0.244 e. The molecule has 2 aromatic carbocycles. The minimum absolute atomic E-state index is 0.0986. The van der Waals surface area contributed by atoms with Crippen molar-refractivity contribution in [3.8, 4) is 6.07 Å². The van der Waals surface area contributed by atoms with Gasteiger partial charge in [-0.2, -0.15) is 17.0 Å². The first-order valence-electron chi connectivity index (χ1n) is 7.90. The summed E-state index contributed by atoms with van der Waals surface area (Å²) in [5.41, 5.74) is 3.53. The molecular formula is C19H18N4OS. The summed E-state index contributed by atoms with van der Waals surface area (Å²) in [5, 5.41) is 11.6. The average Bonchev–Trinajstić information content (AvgIpc) is 2.95. The van der Waals surface area contributed by atoms with Gasteiger partial charge in [-0.25, -0.2) is 4.98 Å². The lowest BCUT2D eigenvalue weighted by Crippen LogP contribution is -2.20. The van der Waals surface area contributed by atoms with Crippen molar-refractivity contribution in [1.82, 2.24) is 9.55 Å². The molecule has 1 amide bonds. The zero-order chi connectivity index (χ0) is 17.6. The van der Waals surface area contributed by atoms with Gasteiger partial charge in [-0.15, -0.1) is 0 Å². The molecule has 0 fully saturated rings. The molecule has 3 aromatic rings. The third-order valence-corrected chi connectivity index (χ3v) is 4.38. The number of nitriles is 1. The quantitative estimate of drug-likeness (QED) is 0.737. The lowest BCUT2D eigenvalue weighted by atomic mass is 10.1. The molecule has 0 aliphatic heterocycles. The molecule has 1 heterocycles. The van der Waals surface area contributed by atoms with Crippen molar-refractivity contribution in [2.45, 2.75) is 18.7 Å². The highest BCUT2D eigenvalue weighted by molar-refractivity contribution is 7.97. The van der Waals surface area contributed by atoms with E-state index in [1.165, 1.54) is 0 Å². The molecule has 25 heavy (non-hydrogen) atoms. The van der Waals surface area contributed by atoms with Gasteiger partial charge in [0.05, 0.1) is 29.3 Å². The molecule has 0 spiro atoms. The number of para-hydroxylation sites is 2. The Morgan fingerprint density at radius 3 is 2.72 bits per heavy atom. The SMILES string of the molecule is CSCc1nc2ccccc2n1CC(=O)Nc1ccc(CC#N)cc1. The van der Waals surface area contributed by atoms with E-state index in [1.807, 2.05) is 59.4 Å². The van der Waals surface area contributed by atoms with Crippen molar-refractivity contribution in [3.05, 3.63) is 59.9 Å². The van der Waals surface area contributed by atoms with Crippen LogP contribution in [0.3, 0.4) is 0 Å². The van der Waals surface area contributed by atoms with Crippen LogP contribution in [0.2, 0.25) is 0 Å². The number of hydrogen-bond donors (Lipinski definition) is 1. The summed E-state index contributed by atoms with van der Waals surface area (Å²) in [7, 11) is 0. The normalized spacial score (nSPS) is 10.6. The molecule has 0 atom stereocenters. The lowest BCUT2D eigenvalue weighted by Gasteiger charge is -2.10. The number of hydrogen-bond acceptors (Lipinski definition) is 4. The Kier molecular flexibility index (Phi) is 5.36. The molecule has 0 radical (unpaired) electrons. The van der Waals surface area contributed by atoms with Crippen LogP contribution in [0, 0.1) is 11.3 Å². The van der Waals surface area contributed by atoms with E-state index in [0.29, 0.717) is 6.42 Å². The Bertz CT molecular complexity index is 925. The summed E-state index contributed by atoms with van der Waals surface area (Å²) in [5.74, 6) is 1.55. The number of fused-ring (bicyclic) bond motifs is 1. The number of nitrogens with one attached hydrogen (secondary N) is 1. The van der Waals surface area contributed by atoms with Crippen LogP contribution in [0.25, 0.3) is 11.0 Å². The van der Waals surface area contributed by atoms with E-state index >= 15 is 0 Å². The third kappa shape index (κ3) is 4.01. The van der Waals surface area contributed by atoms with Gasteiger partial charge in [0.15, 0.2) is 0 Å². The third-order valence-electron chi connectivity index (χ3n) is 3.83. The zero-order valence-electron chi connectivity index (χ0n) is 13.9. The van der Waals surface area contributed by atoms with Crippen LogP contribution in [-0.4, -0.2) is 21.7 Å². The number of anilines is 1.